The number of halogens is 2. The summed E-state index contributed by atoms with van der Waals surface area (Å²) in [5.74, 6) is -0.0726. The Hall–Kier alpha value is -3.28. The Morgan fingerprint density at radius 2 is 1.82 bits per heavy atom. The fraction of sp³-hybridized carbons (Fsp3) is 0.407. The lowest BCUT2D eigenvalue weighted by atomic mass is 10.1. The molecule has 1 saturated carbocycles. The highest BCUT2D eigenvalue weighted by Gasteiger charge is 2.57. The van der Waals surface area contributed by atoms with E-state index in [1.807, 2.05) is 31.2 Å². The molecule has 1 aliphatic heterocycles. The van der Waals surface area contributed by atoms with Gasteiger partial charge in [0.15, 0.2) is 5.13 Å². The van der Waals surface area contributed by atoms with Gasteiger partial charge in [-0.3, -0.25) is 4.79 Å². The first kappa shape index (κ1) is 28.3. The maximum atomic E-state index is 12.8. The summed E-state index contributed by atoms with van der Waals surface area (Å²) in [5.41, 5.74) is 3.22. The van der Waals surface area contributed by atoms with Crippen LogP contribution in [-0.2, 0) is 11.2 Å². The van der Waals surface area contributed by atoms with E-state index in [0.717, 1.165) is 23.8 Å². The topological polar surface area (TPSA) is 128 Å². The number of thiazole rings is 1. The van der Waals surface area contributed by atoms with Crippen LogP contribution >= 0.6 is 34.5 Å². The average molecular weight is 606 g/mol. The van der Waals surface area contributed by atoms with Crippen LogP contribution in [-0.4, -0.2) is 60.2 Å². The van der Waals surface area contributed by atoms with Crippen molar-refractivity contribution in [1.29, 1.82) is 0 Å². The van der Waals surface area contributed by atoms with Crippen LogP contribution in [0.4, 0.5) is 15.6 Å². The molecule has 0 radical (unpaired) electrons. The number of ether oxygens (including phenoxy) is 1. The molecule has 2 aromatic heterocycles. The number of fused-ring (bicyclic) bond motifs is 1. The maximum Gasteiger partial charge on any atom is 0.350 e. The molecule has 13 heteroatoms. The van der Waals surface area contributed by atoms with Gasteiger partial charge in [0.1, 0.15) is 10.6 Å². The van der Waals surface area contributed by atoms with Gasteiger partial charge in [0, 0.05) is 55.3 Å². The van der Waals surface area contributed by atoms with Gasteiger partial charge in [-0.25, -0.2) is 14.6 Å². The van der Waals surface area contributed by atoms with Crippen molar-refractivity contribution in [2.75, 3.05) is 36.5 Å². The molecule has 0 bridgehead atoms. The van der Waals surface area contributed by atoms with Crippen molar-refractivity contribution in [3.63, 3.8) is 0 Å². The Kier molecular flexibility index (Phi) is 8.25. The molecular formula is C27H30Cl2N6O4S. The van der Waals surface area contributed by atoms with E-state index in [-0.39, 0.29) is 53.1 Å². The van der Waals surface area contributed by atoms with Crippen LogP contribution in [0.15, 0.2) is 24.3 Å². The fourth-order valence-corrected chi connectivity index (χ4v) is 6.44. The first-order valence-electron chi connectivity index (χ1n) is 13.1. The lowest BCUT2D eigenvalue weighted by Gasteiger charge is -2.19. The number of piperidine rings is 1. The summed E-state index contributed by atoms with van der Waals surface area (Å²) >= 11 is 13.6. The molecule has 2 fully saturated rings. The monoisotopic (exact) mass is 604 g/mol. The van der Waals surface area contributed by atoms with Crippen LogP contribution in [0.3, 0.4) is 0 Å². The summed E-state index contributed by atoms with van der Waals surface area (Å²) in [7, 11) is 0. The van der Waals surface area contributed by atoms with Crippen molar-refractivity contribution >= 4 is 63.3 Å². The van der Waals surface area contributed by atoms with Crippen LogP contribution in [0, 0.1) is 18.8 Å². The molecule has 1 saturated heterocycles. The number of esters is 1. The predicted molar refractivity (Wildman–Crippen MR) is 156 cm³/mol. The van der Waals surface area contributed by atoms with Crippen LogP contribution in [0.5, 0.6) is 0 Å². The second kappa shape index (κ2) is 11.7. The highest BCUT2D eigenvalue weighted by Crippen LogP contribution is 2.48. The molecule has 40 heavy (non-hydrogen) atoms. The molecule has 10 nitrogen and oxygen atoms in total. The number of urea groups is 1. The number of aryl methyl sites for hydroxylation is 1. The molecule has 0 unspecified atom stereocenters. The van der Waals surface area contributed by atoms with Crippen LogP contribution in [0.25, 0.3) is 0 Å². The Labute approximate surface area is 245 Å². The Morgan fingerprint density at radius 3 is 2.42 bits per heavy atom. The van der Waals surface area contributed by atoms with Crippen molar-refractivity contribution < 1.29 is 19.1 Å². The Balaban J connectivity index is 1.24. The molecule has 1 aliphatic carbocycles. The van der Waals surface area contributed by atoms with Crippen LogP contribution in [0.2, 0.25) is 10.0 Å². The Bertz CT molecular complexity index is 1430. The number of aromatic nitrogens is 2. The quantitative estimate of drug-likeness (QED) is 0.258. The summed E-state index contributed by atoms with van der Waals surface area (Å²) in [6, 6.07) is 7.23. The maximum absolute atomic E-state index is 12.8. The standard InChI is InChI=1S/C27H30Cl2N6O4S/c1-4-30-26(38)32-15-8-6-14(7-9-15)10-18-23(25(37)39-5-2)40-27(33-18)35-11-16-17(12-35)21(16)34-24(36)22-20(29)19(28)13(3)31-22/h6-9,16-17,21,31H,4-5,10-12H2,1-3H3,(H,34,36)(H2,30,32,38)/t16-,17+,21-. The van der Waals surface area contributed by atoms with Gasteiger partial charge >= 0.3 is 12.0 Å². The zero-order valence-corrected chi connectivity index (χ0v) is 24.6. The van der Waals surface area contributed by atoms with E-state index in [9.17, 15) is 14.4 Å². The van der Waals surface area contributed by atoms with E-state index in [0.29, 0.717) is 39.9 Å². The van der Waals surface area contributed by atoms with Crippen molar-refractivity contribution in [2.24, 2.45) is 11.8 Å². The Morgan fingerprint density at radius 1 is 1.12 bits per heavy atom. The van der Waals surface area contributed by atoms with E-state index in [2.05, 4.69) is 25.8 Å². The summed E-state index contributed by atoms with van der Waals surface area (Å²) in [6.07, 6.45) is 0.449. The highest BCUT2D eigenvalue weighted by atomic mass is 35.5. The summed E-state index contributed by atoms with van der Waals surface area (Å²) < 4.78 is 5.31. The SMILES string of the molecule is CCNC(=O)Nc1ccc(Cc2nc(N3C[C@@H]4[C@H](C3)[C@@H]4NC(=O)c3[nH]c(C)c(Cl)c3Cl)sc2C(=O)OCC)cc1. The normalized spacial score (nSPS) is 19.2. The van der Waals surface area contributed by atoms with Gasteiger partial charge in [-0.05, 0) is 38.5 Å². The number of benzene rings is 1. The van der Waals surface area contributed by atoms with Crippen molar-refractivity contribution in [3.05, 3.63) is 61.8 Å². The molecule has 1 aromatic carbocycles. The minimum absolute atomic E-state index is 0.0534. The molecule has 4 N–H and O–H groups in total. The molecule has 212 valence electrons. The number of hydrogen-bond acceptors (Lipinski definition) is 7. The van der Waals surface area contributed by atoms with Crippen LogP contribution in [0.1, 0.15) is 51.0 Å². The zero-order chi connectivity index (χ0) is 28.6. The van der Waals surface area contributed by atoms with Crippen molar-refractivity contribution in [1.82, 2.24) is 20.6 Å². The summed E-state index contributed by atoms with van der Waals surface area (Å²) in [6.45, 7) is 7.66. The summed E-state index contributed by atoms with van der Waals surface area (Å²) in [4.78, 5) is 47.7. The second-order valence-corrected chi connectivity index (χ2v) is 11.6. The molecule has 3 amide bonds. The number of carbonyl (C=O) groups excluding carboxylic acids is 3. The number of aromatic amines is 1. The van der Waals surface area contributed by atoms with Gasteiger partial charge in [0.2, 0.25) is 0 Å². The number of nitrogens with zero attached hydrogens (tertiary/aromatic N) is 2. The predicted octanol–water partition coefficient (Wildman–Crippen LogP) is 4.86. The van der Waals surface area contributed by atoms with Gasteiger partial charge in [0.25, 0.3) is 5.91 Å². The average Bonchev–Trinajstić information content (AvgIpc) is 3.27. The molecular weight excluding hydrogens is 575 g/mol. The molecule has 5 rings (SSSR count). The van der Waals surface area contributed by atoms with Crippen LogP contribution < -0.4 is 20.9 Å². The van der Waals surface area contributed by atoms with E-state index < -0.39 is 0 Å². The number of carbonyl (C=O) groups is 3. The van der Waals surface area contributed by atoms with Crippen molar-refractivity contribution in [3.8, 4) is 0 Å². The molecule has 3 atom stereocenters. The molecule has 0 spiro atoms. The lowest BCUT2D eigenvalue weighted by molar-refractivity contribution is 0.0530. The third kappa shape index (κ3) is 5.77. The number of H-pyrrole nitrogens is 1. The first-order chi connectivity index (χ1) is 19.2. The number of nitrogens with one attached hydrogen (secondary N) is 4. The van der Waals surface area contributed by atoms with Gasteiger partial charge < -0.3 is 30.6 Å². The van der Waals surface area contributed by atoms with Gasteiger partial charge in [-0.2, -0.15) is 0 Å². The number of amides is 3. The van der Waals surface area contributed by atoms with Crippen molar-refractivity contribution in [2.45, 2.75) is 33.2 Å². The molecule has 2 aliphatic rings. The van der Waals surface area contributed by atoms with Gasteiger partial charge in [-0.15, -0.1) is 0 Å². The fourth-order valence-electron chi connectivity index (χ4n) is 5.03. The van der Waals surface area contributed by atoms with E-state index in [1.165, 1.54) is 11.3 Å². The molecule has 3 heterocycles. The highest BCUT2D eigenvalue weighted by molar-refractivity contribution is 7.17. The molecule has 3 aromatic rings. The third-order valence-electron chi connectivity index (χ3n) is 7.11. The largest absolute Gasteiger partial charge is 0.462 e. The number of anilines is 2. The second-order valence-electron chi connectivity index (χ2n) is 9.84. The van der Waals surface area contributed by atoms with E-state index in [4.69, 9.17) is 32.9 Å². The van der Waals surface area contributed by atoms with E-state index >= 15 is 0 Å². The third-order valence-corrected chi connectivity index (χ3v) is 9.20. The number of hydrogen-bond donors (Lipinski definition) is 4. The minimum atomic E-state index is -0.387. The smallest absolute Gasteiger partial charge is 0.350 e. The minimum Gasteiger partial charge on any atom is -0.462 e. The van der Waals surface area contributed by atoms with Gasteiger partial charge in [0.05, 0.1) is 22.3 Å². The van der Waals surface area contributed by atoms with Gasteiger partial charge in [-0.1, -0.05) is 46.7 Å². The zero-order valence-electron chi connectivity index (χ0n) is 22.3. The summed E-state index contributed by atoms with van der Waals surface area (Å²) in [5, 5.41) is 9.90. The first-order valence-corrected chi connectivity index (χ1v) is 14.7. The lowest BCUT2D eigenvalue weighted by Crippen LogP contribution is -2.34. The number of rotatable bonds is 9. The van der Waals surface area contributed by atoms with E-state index in [1.54, 1.807) is 13.8 Å².